The molecule has 2 atom stereocenters. The average molecular weight is 241 g/mol. The molecule has 6 heteroatoms. The summed E-state index contributed by atoms with van der Waals surface area (Å²) < 4.78 is 15.0. The highest BCUT2D eigenvalue weighted by Crippen LogP contribution is 2.32. The number of ether oxygens (including phenoxy) is 3. The van der Waals surface area contributed by atoms with Crippen molar-refractivity contribution in [2.24, 2.45) is 0 Å². The van der Waals surface area contributed by atoms with E-state index in [0.717, 1.165) is 13.0 Å². The Morgan fingerprint density at radius 2 is 1.88 bits per heavy atom. The van der Waals surface area contributed by atoms with Gasteiger partial charge in [-0.1, -0.05) is 0 Å². The molecule has 0 amide bonds. The minimum absolute atomic E-state index is 0.240. The Kier molecular flexibility index (Phi) is 3.44. The number of esters is 2. The number of fused-ring (bicyclic) bond motifs is 2. The maximum atomic E-state index is 11.7. The summed E-state index contributed by atoms with van der Waals surface area (Å²) in [6.07, 6.45) is 0.630. The van der Waals surface area contributed by atoms with E-state index < -0.39 is 18.2 Å². The average Bonchev–Trinajstić information content (AvgIpc) is 2.52. The van der Waals surface area contributed by atoms with Crippen molar-refractivity contribution in [3.8, 4) is 0 Å². The highest BCUT2D eigenvalue weighted by molar-refractivity contribution is 6.02. The summed E-state index contributed by atoms with van der Waals surface area (Å²) in [5, 5.41) is 3.06. The highest BCUT2D eigenvalue weighted by Gasteiger charge is 2.43. The lowest BCUT2D eigenvalue weighted by Crippen LogP contribution is -2.33. The molecule has 0 aromatic heterocycles. The van der Waals surface area contributed by atoms with Crippen LogP contribution in [0.25, 0.3) is 0 Å². The van der Waals surface area contributed by atoms with E-state index in [1.807, 2.05) is 0 Å². The molecule has 1 saturated heterocycles. The SMILES string of the molecule is COC(=O)C1=C(C(=O)OC)C2NCCCC1O2. The van der Waals surface area contributed by atoms with Crippen molar-refractivity contribution in [2.75, 3.05) is 20.8 Å². The second-order valence-corrected chi connectivity index (χ2v) is 3.91. The van der Waals surface area contributed by atoms with Gasteiger partial charge in [-0.15, -0.1) is 0 Å². The van der Waals surface area contributed by atoms with Crippen LogP contribution < -0.4 is 5.32 Å². The van der Waals surface area contributed by atoms with Crippen LogP contribution in [-0.4, -0.2) is 45.0 Å². The first kappa shape index (κ1) is 12.1. The zero-order chi connectivity index (χ0) is 12.4. The van der Waals surface area contributed by atoms with Gasteiger partial charge in [-0.25, -0.2) is 9.59 Å². The highest BCUT2D eigenvalue weighted by atomic mass is 16.6. The molecule has 0 aromatic rings. The van der Waals surface area contributed by atoms with Crippen molar-refractivity contribution >= 4 is 11.9 Å². The molecule has 0 radical (unpaired) electrons. The number of hydrogen-bond acceptors (Lipinski definition) is 6. The van der Waals surface area contributed by atoms with Crippen LogP contribution in [0.15, 0.2) is 11.1 Å². The van der Waals surface area contributed by atoms with E-state index in [2.05, 4.69) is 10.1 Å². The summed E-state index contributed by atoms with van der Waals surface area (Å²) in [5.74, 6) is -1.08. The summed E-state index contributed by atoms with van der Waals surface area (Å²) >= 11 is 0. The molecule has 1 N–H and O–H groups in total. The van der Waals surface area contributed by atoms with Crippen LogP contribution in [0.1, 0.15) is 12.8 Å². The molecule has 0 aromatic carbocycles. The van der Waals surface area contributed by atoms with Gasteiger partial charge in [-0.2, -0.15) is 0 Å². The summed E-state index contributed by atoms with van der Waals surface area (Å²) in [6.45, 7) is 0.746. The maximum absolute atomic E-state index is 11.7. The third-order valence-electron chi connectivity index (χ3n) is 2.96. The number of nitrogens with one attached hydrogen (secondary N) is 1. The van der Waals surface area contributed by atoms with Gasteiger partial charge in [0.25, 0.3) is 0 Å². The van der Waals surface area contributed by atoms with E-state index >= 15 is 0 Å². The molecule has 2 unspecified atom stereocenters. The van der Waals surface area contributed by atoms with Crippen molar-refractivity contribution in [3.05, 3.63) is 11.1 Å². The van der Waals surface area contributed by atoms with Crippen LogP contribution in [0.2, 0.25) is 0 Å². The Labute approximate surface area is 98.9 Å². The Morgan fingerprint density at radius 3 is 2.53 bits per heavy atom. The van der Waals surface area contributed by atoms with Crippen LogP contribution in [0.4, 0.5) is 0 Å². The molecule has 2 bridgehead atoms. The van der Waals surface area contributed by atoms with Gasteiger partial charge in [0, 0.05) is 0 Å². The normalized spacial score (nSPS) is 27.6. The minimum atomic E-state index is -0.566. The molecule has 94 valence electrons. The fourth-order valence-electron chi connectivity index (χ4n) is 2.18. The van der Waals surface area contributed by atoms with Gasteiger partial charge >= 0.3 is 11.9 Å². The van der Waals surface area contributed by atoms with Crippen LogP contribution in [0.5, 0.6) is 0 Å². The van der Waals surface area contributed by atoms with E-state index in [9.17, 15) is 9.59 Å². The summed E-state index contributed by atoms with van der Waals surface area (Å²) in [6, 6.07) is 0. The van der Waals surface area contributed by atoms with Gasteiger partial charge in [0.15, 0.2) is 0 Å². The molecular weight excluding hydrogens is 226 g/mol. The lowest BCUT2D eigenvalue weighted by Gasteiger charge is -2.13. The molecule has 6 nitrogen and oxygen atoms in total. The molecular formula is C11H15NO5. The molecule has 2 rings (SSSR count). The molecule has 0 aliphatic carbocycles. The van der Waals surface area contributed by atoms with E-state index in [-0.39, 0.29) is 17.3 Å². The molecule has 2 aliphatic rings. The van der Waals surface area contributed by atoms with Gasteiger partial charge in [-0.05, 0) is 19.4 Å². The van der Waals surface area contributed by atoms with E-state index in [4.69, 9.17) is 9.47 Å². The molecule has 2 aliphatic heterocycles. The summed E-state index contributed by atoms with van der Waals surface area (Å²) in [5.41, 5.74) is 0.528. The zero-order valence-electron chi connectivity index (χ0n) is 9.82. The molecule has 0 spiro atoms. The van der Waals surface area contributed by atoms with Gasteiger partial charge in [0.05, 0.1) is 31.5 Å². The van der Waals surface area contributed by atoms with E-state index in [0.29, 0.717) is 6.42 Å². The lowest BCUT2D eigenvalue weighted by molar-refractivity contribution is -0.139. The van der Waals surface area contributed by atoms with Crippen LogP contribution >= 0.6 is 0 Å². The first-order valence-corrected chi connectivity index (χ1v) is 5.48. The summed E-state index contributed by atoms with van der Waals surface area (Å²) in [7, 11) is 2.56. The van der Waals surface area contributed by atoms with E-state index in [1.54, 1.807) is 0 Å². The third kappa shape index (κ3) is 2.05. The molecule has 1 fully saturated rings. The Balaban J connectivity index is 2.41. The van der Waals surface area contributed by atoms with Gasteiger partial charge in [-0.3, -0.25) is 5.32 Å². The quantitative estimate of drug-likeness (QED) is 0.671. The lowest BCUT2D eigenvalue weighted by atomic mass is 9.99. The Morgan fingerprint density at radius 1 is 1.24 bits per heavy atom. The monoisotopic (exact) mass is 241 g/mol. The van der Waals surface area contributed by atoms with Crippen LogP contribution in [0, 0.1) is 0 Å². The van der Waals surface area contributed by atoms with Gasteiger partial charge in [0.1, 0.15) is 6.23 Å². The number of methoxy groups -OCH3 is 2. The van der Waals surface area contributed by atoms with Crippen molar-refractivity contribution < 1.29 is 23.8 Å². The Hall–Kier alpha value is -1.40. The summed E-state index contributed by atoms with van der Waals surface area (Å²) in [4.78, 5) is 23.4. The number of carbonyl (C=O) groups is 2. The smallest absolute Gasteiger partial charge is 0.338 e. The zero-order valence-corrected chi connectivity index (χ0v) is 9.82. The fraction of sp³-hybridized carbons (Fsp3) is 0.636. The first-order chi connectivity index (χ1) is 8.19. The second-order valence-electron chi connectivity index (χ2n) is 3.91. The van der Waals surface area contributed by atoms with Crippen molar-refractivity contribution in [1.29, 1.82) is 0 Å². The topological polar surface area (TPSA) is 73.9 Å². The van der Waals surface area contributed by atoms with E-state index in [1.165, 1.54) is 14.2 Å². The molecule has 2 heterocycles. The predicted octanol–water partition coefficient (Wildman–Crippen LogP) is -0.263. The fourth-order valence-corrected chi connectivity index (χ4v) is 2.18. The molecule has 0 saturated carbocycles. The number of rotatable bonds is 2. The standard InChI is InChI=1S/C11H15NO5/c1-15-10(13)7-6-4-3-5-12-9(17-6)8(7)11(14)16-2/h6,9,12H,3-5H2,1-2H3. The van der Waals surface area contributed by atoms with Crippen molar-refractivity contribution in [2.45, 2.75) is 25.2 Å². The van der Waals surface area contributed by atoms with Crippen LogP contribution in [-0.2, 0) is 23.8 Å². The van der Waals surface area contributed by atoms with Crippen LogP contribution in [0.3, 0.4) is 0 Å². The van der Waals surface area contributed by atoms with Gasteiger partial charge in [0.2, 0.25) is 0 Å². The first-order valence-electron chi connectivity index (χ1n) is 5.48. The third-order valence-corrected chi connectivity index (χ3v) is 2.96. The molecule has 17 heavy (non-hydrogen) atoms. The number of carbonyl (C=O) groups excluding carboxylic acids is 2. The van der Waals surface area contributed by atoms with Crippen molar-refractivity contribution in [1.82, 2.24) is 5.32 Å². The Bertz CT molecular complexity index is 342. The van der Waals surface area contributed by atoms with Crippen molar-refractivity contribution in [3.63, 3.8) is 0 Å². The largest absolute Gasteiger partial charge is 0.466 e. The minimum Gasteiger partial charge on any atom is -0.466 e. The second kappa shape index (κ2) is 4.85. The van der Waals surface area contributed by atoms with Gasteiger partial charge < -0.3 is 14.2 Å². The maximum Gasteiger partial charge on any atom is 0.338 e. The predicted molar refractivity (Wildman–Crippen MR) is 57.0 cm³/mol. The number of hydrogen-bond donors (Lipinski definition) is 1.